The molecule has 140 valence electrons. The standard InChI is InChI=1S/C15H20BrNO2.C3H7NO2/c1-10-8-11-6-5-7-17(13(11)12(16)9-10)14(18)19-15(2,3)4;1-4(3-5)6-2/h8-9H,5-7H2,1-4H3;3H,1-2H3. The van der Waals surface area contributed by atoms with E-state index in [0.717, 1.165) is 28.1 Å². The van der Waals surface area contributed by atoms with Gasteiger partial charge in [-0.05, 0) is 73.7 Å². The predicted molar refractivity (Wildman–Crippen MR) is 102 cm³/mol. The first-order valence-corrected chi connectivity index (χ1v) is 8.90. The van der Waals surface area contributed by atoms with Crippen molar-refractivity contribution < 1.29 is 19.2 Å². The Labute approximate surface area is 158 Å². The summed E-state index contributed by atoms with van der Waals surface area (Å²) >= 11 is 3.57. The molecular formula is C18H27BrN2O4. The predicted octanol–water partition coefficient (Wildman–Crippen LogP) is 4.08. The van der Waals surface area contributed by atoms with Crippen LogP contribution in [-0.2, 0) is 20.8 Å². The number of ether oxygens (including phenoxy) is 1. The smallest absolute Gasteiger partial charge is 0.414 e. The minimum absolute atomic E-state index is 0.266. The van der Waals surface area contributed by atoms with Crippen molar-refractivity contribution in [1.29, 1.82) is 0 Å². The highest BCUT2D eigenvalue weighted by molar-refractivity contribution is 9.10. The number of carbonyl (C=O) groups is 2. The SMILES string of the molecule is CON(C)C=O.Cc1cc(Br)c2c(c1)CCCN2C(=O)OC(C)(C)C. The summed E-state index contributed by atoms with van der Waals surface area (Å²) in [6.45, 7) is 8.45. The molecule has 0 saturated carbocycles. The van der Waals surface area contributed by atoms with Crippen LogP contribution < -0.4 is 4.90 Å². The largest absolute Gasteiger partial charge is 0.443 e. The van der Waals surface area contributed by atoms with Crippen molar-refractivity contribution in [3.63, 3.8) is 0 Å². The van der Waals surface area contributed by atoms with E-state index < -0.39 is 5.60 Å². The van der Waals surface area contributed by atoms with Crippen LogP contribution in [0.2, 0.25) is 0 Å². The van der Waals surface area contributed by atoms with E-state index in [2.05, 4.69) is 33.8 Å². The highest BCUT2D eigenvalue weighted by Crippen LogP contribution is 2.36. The molecule has 6 nitrogen and oxygen atoms in total. The highest BCUT2D eigenvalue weighted by Gasteiger charge is 2.28. The summed E-state index contributed by atoms with van der Waals surface area (Å²) in [5, 5.41) is 1.07. The maximum absolute atomic E-state index is 12.3. The van der Waals surface area contributed by atoms with E-state index in [0.29, 0.717) is 13.0 Å². The third-order valence-corrected chi connectivity index (χ3v) is 4.04. The second-order valence-electron chi connectivity index (χ2n) is 6.82. The molecule has 7 heteroatoms. The van der Waals surface area contributed by atoms with Gasteiger partial charge in [-0.2, -0.15) is 0 Å². The fraction of sp³-hybridized carbons (Fsp3) is 0.556. The van der Waals surface area contributed by atoms with E-state index in [9.17, 15) is 9.59 Å². The van der Waals surface area contributed by atoms with E-state index in [1.165, 1.54) is 25.3 Å². The molecule has 0 N–H and O–H groups in total. The minimum Gasteiger partial charge on any atom is -0.443 e. The van der Waals surface area contributed by atoms with Gasteiger partial charge in [-0.1, -0.05) is 6.07 Å². The van der Waals surface area contributed by atoms with Crippen LogP contribution in [0.25, 0.3) is 0 Å². The molecule has 0 saturated heterocycles. The number of amides is 2. The molecule has 1 aromatic rings. The van der Waals surface area contributed by atoms with Gasteiger partial charge in [0.05, 0.1) is 12.8 Å². The van der Waals surface area contributed by atoms with Gasteiger partial charge < -0.3 is 4.74 Å². The Morgan fingerprint density at radius 3 is 2.48 bits per heavy atom. The Hall–Kier alpha value is -1.60. The molecule has 0 fully saturated rings. The molecule has 2 amide bonds. The van der Waals surface area contributed by atoms with Crippen molar-refractivity contribution in [3.05, 3.63) is 27.7 Å². The molecule has 1 aliphatic heterocycles. The number of aryl methyl sites for hydroxylation is 2. The van der Waals surface area contributed by atoms with Gasteiger partial charge in [-0.25, -0.2) is 9.86 Å². The second-order valence-corrected chi connectivity index (χ2v) is 7.68. The number of rotatable bonds is 2. The lowest BCUT2D eigenvalue weighted by molar-refractivity contribution is -0.153. The molecule has 0 spiro atoms. The Morgan fingerprint density at radius 1 is 1.36 bits per heavy atom. The van der Waals surface area contributed by atoms with Crippen molar-refractivity contribution in [2.75, 3.05) is 25.6 Å². The van der Waals surface area contributed by atoms with Crippen molar-refractivity contribution in [2.24, 2.45) is 0 Å². The van der Waals surface area contributed by atoms with E-state index in [1.54, 1.807) is 4.90 Å². The van der Waals surface area contributed by atoms with Gasteiger partial charge in [0.1, 0.15) is 5.60 Å². The summed E-state index contributed by atoms with van der Waals surface area (Å²) in [4.78, 5) is 27.9. The van der Waals surface area contributed by atoms with Crippen LogP contribution in [-0.4, -0.2) is 43.9 Å². The fourth-order valence-corrected chi connectivity index (χ4v) is 3.21. The van der Waals surface area contributed by atoms with Gasteiger partial charge in [0.2, 0.25) is 6.41 Å². The molecule has 1 heterocycles. The van der Waals surface area contributed by atoms with Gasteiger partial charge >= 0.3 is 6.09 Å². The number of hydrogen-bond acceptors (Lipinski definition) is 4. The van der Waals surface area contributed by atoms with E-state index in [1.807, 2.05) is 26.8 Å². The van der Waals surface area contributed by atoms with Gasteiger partial charge in [0.15, 0.2) is 0 Å². The number of carbonyl (C=O) groups excluding carboxylic acids is 2. The molecule has 0 bridgehead atoms. The zero-order valence-electron chi connectivity index (χ0n) is 15.8. The molecule has 2 rings (SSSR count). The fourth-order valence-electron chi connectivity index (χ4n) is 2.38. The molecule has 0 radical (unpaired) electrons. The molecular weight excluding hydrogens is 388 g/mol. The number of halogens is 1. The zero-order chi connectivity index (χ0) is 19.2. The van der Waals surface area contributed by atoms with Crippen LogP contribution in [0, 0.1) is 6.92 Å². The average molecular weight is 415 g/mol. The summed E-state index contributed by atoms with van der Waals surface area (Å²) in [5.74, 6) is 0. The van der Waals surface area contributed by atoms with Gasteiger partial charge in [0, 0.05) is 18.1 Å². The van der Waals surface area contributed by atoms with E-state index >= 15 is 0 Å². The molecule has 0 aliphatic carbocycles. The van der Waals surface area contributed by atoms with E-state index in [4.69, 9.17) is 4.74 Å². The van der Waals surface area contributed by atoms with Crippen molar-refractivity contribution in [2.45, 2.75) is 46.1 Å². The summed E-state index contributed by atoms with van der Waals surface area (Å²) < 4.78 is 6.45. The summed E-state index contributed by atoms with van der Waals surface area (Å²) in [6, 6.07) is 4.19. The first-order chi connectivity index (χ1) is 11.6. The summed E-state index contributed by atoms with van der Waals surface area (Å²) in [7, 11) is 2.95. The lowest BCUT2D eigenvalue weighted by Gasteiger charge is -2.32. The Bertz CT molecular complexity index is 614. The number of nitrogens with zero attached hydrogens (tertiary/aromatic N) is 2. The number of fused-ring (bicyclic) bond motifs is 1. The molecule has 0 aromatic heterocycles. The van der Waals surface area contributed by atoms with Crippen molar-refractivity contribution in [1.82, 2.24) is 5.06 Å². The molecule has 1 aliphatic rings. The number of anilines is 1. The number of hydrogen-bond donors (Lipinski definition) is 0. The number of hydroxylamine groups is 2. The minimum atomic E-state index is -0.466. The Balaban J connectivity index is 0.000000450. The Morgan fingerprint density at radius 2 is 2.00 bits per heavy atom. The normalized spacial score (nSPS) is 13.3. The van der Waals surface area contributed by atoms with Crippen LogP contribution in [0.4, 0.5) is 10.5 Å². The molecule has 0 unspecified atom stereocenters. The van der Waals surface area contributed by atoms with Crippen LogP contribution in [0.5, 0.6) is 0 Å². The average Bonchev–Trinajstić information content (AvgIpc) is 2.52. The quantitative estimate of drug-likeness (QED) is 0.540. The van der Waals surface area contributed by atoms with Crippen molar-refractivity contribution in [3.8, 4) is 0 Å². The highest BCUT2D eigenvalue weighted by atomic mass is 79.9. The topological polar surface area (TPSA) is 59.1 Å². The summed E-state index contributed by atoms with van der Waals surface area (Å²) in [6.07, 6.45) is 2.30. The van der Waals surface area contributed by atoms with Crippen LogP contribution >= 0.6 is 15.9 Å². The van der Waals surface area contributed by atoms with Gasteiger partial charge in [0.25, 0.3) is 0 Å². The van der Waals surface area contributed by atoms with Gasteiger partial charge in [-0.15, -0.1) is 0 Å². The van der Waals surface area contributed by atoms with Crippen molar-refractivity contribution >= 4 is 34.1 Å². The zero-order valence-corrected chi connectivity index (χ0v) is 17.3. The number of benzene rings is 1. The van der Waals surface area contributed by atoms with E-state index in [-0.39, 0.29) is 6.09 Å². The first-order valence-electron chi connectivity index (χ1n) is 8.10. The third-order valence-electron chi connectivity index (χ3n) is 3.43. The third kappa shape index (κ3) is 6.66. The molecule has 1 aromatic carbocycles. The summed E-state index contributed by atoms with van der Waals surface area (Å²) in [5.41, 5.74) is 2.91. The first kappa shape index (κ1) is 21.4. The maximum atomic E-state index is 12.3. The van der Waals surface area contributed by atoms with Crippen LogP contribution in [0.15, 0.2) is 16.6 Å². The van der Waals surface area contributed by atoms with Gasteiger partial charge in [-0.3, -0.25) is 14.5 Å². The maximum Gasteiger partial charge on any atom is 0.414 e. The van der Waals surface area contributed by atoms with Crippen LogP contribution in [0.1, 0.15) is 38.3 Å². The van der Waals surface area contributed by atoms with Crippen LogP contribution in [0.3, 0.4) is 0 Å². The monoisotopic (exact) mass is 414 g/mol. The Kier molecular flexibility index (Phi) is 7.89. The lowest BCUT2D eigenvalue weighted by Crippen LogP contribution is -2.40. The molecule has 0 atom stereocenters. The second kappa shape index (κ2) is 9.20. The molecule has 25 heavy (non-hydrogen) atoms. The lowest BCUT2D eigenvalue weighted by atomic mass is 10.00.